The van der Waals surface area contributed by atoms with E-state index in [2.05, 4.69) is 5.32 Å². The zero-order chi connectivity index (χ0) is 18.3. The molecule has 0 aromatic carbocycles. The van der Waals surface area contributed by atoms with E-state index in [-0.39, 0.29) is 11.2 Å². The van der Waals surface area contributed by atoms with E-state index in [0.29, 0.717) is 6.54 Å². The van der Waals surface area contributed by atoms with Crippen LogP contribution in [0, 0.1) is 0 Å². The van der Waals surface area contributed by atoms with E-state index in [1.807, 2.05) is 20.8 Å². The maximum Gasteiger partial charge on any atom is 0.407 e. The van der Waals surface area contributed by atoms with Crippen LogP contribution in [0.15, 0.2) is 0 Å². The van der Waals surface area contributed by atoms with Crippen LogP contribution in [0.1, 0.15) is 85.5 Å². The summed E-state index contributed by atoms with van der Waals surface area (Å²) < 4.78 is 5.19. The summed E-state index contributed by atoms with van der Waals surface area (Å²) in [5, 5.41) is 2.99. The Morgan fingerprint density at radius 3 is 1.88 bits per heavy atom. The molecule has 0 radical (unpaired) electrons. The lowest BCUT2D eigenvalue weighted by Crippen LogP contribution is -2.32. The molecule has 0 saturated heterocycles. The number of unbranched alkanes of at least 4 members (excludes halogenated alkanes) is 8. The lowest BCUT2D eigenvalue weighted by Gasteiger charge is -2.19. The van der Waals surface area contributed by atoms with E-state index in [4.69, 9.17) is 4.74 Å². The van der Waals surface area contributed by atoms with Crippen molar-refractivity contribution in [3.63, 3.8) is 0 Å². The van der Waals surface area contributed by atoms with Crippen molar-refractivity contribution in [1.82, 2.24) is 5.32 Å². The quantitative estimate of drug-likeness (QED) is 0.317. The van der Waals surface area contributed by atoms with Crippen LogP contribution in [0.25, 0.3) is 0 Å². The Kier molecular flexibility index (Phi) is 14.7. The third-order valence-corrected chi connectivity index (χ3v) is 5.61. The molecule has 0 aliphatic heterocycles. The van der Waals surface area contributed by atoms with Gasteiger partial charge in [0.15, 0.2) is 5.12 Å². The molecular weight excluding hydrogens is 342 g/mol. The highest BCUT2D eigenvalue weighted by Gasteiger charge is 2.15. The zero-order valence-electron chi connectivity index (χ0n) is 15.8. The number of nitrogens with one attached hydrogen (secondary N) is 1. The minimum Gasteiger partial charge on any atom is -0.444 e. The molecule has 0 fully saturated rings. The number of carbonyl (C=O) groups excluding carboxylic acids is 2. The Labute approximate surface area is 156 Å². The molecule has 6 heteroatoms. The number of hydrogen-bond acceptors (Lipinski definition) is 5. The SMILES string of the molecule is CC(=O)SSCCCCCCCCCCCNC(=O)OC(C)(C)C. The Morgan fingerprint density at radius 1 is 0.875 bits per heavy atom. The van der Waals surface area contributed by atoms with Crippen LogP contribution in [0.2, 0.25) is 0 Å². The fourth-order valence-electron chi connectivity index (χ4n) is 2.15. The maximum atomic E-state index is 11.4. The predicted molar refractivity (Wildman–Crippen MR) is 107 cm³/mol. The summed E-state index contributed by atoms with van der Waals surface area (Å²) in [4.78, 5) is 22.2. The van der Waals surface area contributed by atoms with Gasteiger partial charge in [0.05, 0.1) is 0 Å². The van der Waals surface area contributed by atoms with Crippen molar-refractivity contribution in [3.05, 3.63) is 0 Å². The molecule has 0 aromatic rings. The highest BCUT2D eigenvalue weighted by Crippen LogP contribution is 2.23. The molecule has 1 N–H and O–H groups in total. The van der Waals surface area contributed by atoms with Crippen molar-refractivity contribution in [1.29, 1.82) is 0 Å². The molecule has 0 heterocycles. The number of hydrogen-bond donors (Lipinski definition) is 1. The molecular formula is C18H35NO3S2. The van der Waals surface area contributed by atoms with Gasteiger partial charge in [-0.15, -0.1) is 0 Å². The van der Waals surface area contributed by atoms with Crippen molar-refractivity contribution in [2.24, 2.45) is 0 Å². The molecule has 0 bridgehead atoms. The molecule has 142 valence electrons. The molecule has 0 unspecified atom stereocenters. The van der Waals surface area contributed by atoms with Gasteiger partial charge in [0, 0.05) is 19.2 Å². The lowest BCUT2D eigenvalue weighted by molar-refractivity contribution is -0.109. The van der Waals surface area contributed by atoms with Crippen molar-refractivity contribution in [2.45, 2.75) is 91.1 Å². The molecule has 0 aromatic heterocycles. The predicted octanol–water partition coefficient (Wildman–Crippen LogP) is 5.95. The Balaban J connectivity index is 3.18. The van der Waals surface area contributed by atoms with Crippen LogP contribution in [0.3, 0.4) is 0 Å². The second kappa shape index (κ2) is 14.9. The second-order valence-electron chi connectivity index (χ2n) is 7.01. The molecule has 0 aliphatic rings. The Bertz CT molecular complexity index is 344. The van der Waals surface area contributed by atoms with Gasteiger partial charge >= 0.3 is 6.09 Å². The molecule has 0 saturated carbocycles. The van der Waals surface area contributed by atoms with Crippen molar-refractivity contribution in [2.75, 3.05) is 12.3 Å². The van der Waals surface area contributed by atoms with Gasteiger partial charge in [0.25, 0.3) is 0 Å². The minimum absolute atomic E-state index is 0.196. The summed E-state index contributed by atoms with van der Waals surface area (Å²) in [7, 11) is 3.03. The first kappa shape index (κ1) is 23.6. The normalized spacial score (nSPS) is 11.3. The van der Waals surface area contributed by atoms with Gasteiger partial charge in [-0.1, -0.05) is 55.7 Å². The van der Waals surface area contributed by atoms with Gasteiger partial charge in [-0.05, 0) is 44.4 Å². The van der Waals surface area contributed by atoms with Gasteiger partial charge < -0.3 is 10.1 Å². The van der Waals surface area contributed by atoms with Crippen molar-refractivity contribution < 1.29 is 14.3 Å². The summed E-state index contributed by atoms with van der Waals surface area (Å²) in [5.41, 5.74) is -0.422. The molecule has 24 heavy (non-hydrogen) atoms. The highest BCUT2D eigenvalue weighted by molar-refractivity contribution is 8.82. The molecule has 0 atom stereocenters. The summed E-state index contributed by atoms with van der Waals surface area (Å²) in [6, 6.07) is 0. The fourth-order valence-corrected chi connectivity index (χ4v) is 3.83. The zero-order valence-corrected chi connectivity index (χ0v) is 17.5. The number of amides is 1. The van der Waals surface area contributed by atoms with E-state index >= 15 is 0 Å². The molecule has 0 rings (SSSR count). The van der Waals surface area contributed by atoms with E-state index in [1.54, 1.807) is 17.7 Å². The molecule has 0 spiro atoms. The monoisotopic (exact) mass is 377 g/mol. The second-order valence-corrected chi connectivity index (χ2v) is 9.60. The van der Waals surface area contributed by atoms with Crippen LogP contribution < -0.4 is 5.32 Å². The summed E-state index contributed by atoms with van der Waals surface area (Å²) in [6.07, 6.45) is 10.8. The average Bonchev–Trinajstić information content (AvgIpc) is 2.45. The minimum atomic E-state index is -0.422. The third-order valence-electron chi connectivity index (χ3n) is 3.25. The van der Waals surface area contributed by atoms with Crippen LogP contribution >= 0.6 is 21.6 Å². The van der Waals surface area contributed by atoms with E-state index < -0.39 is 5.60 Å². The van der Waals surface area contributed by atoms with Crippen LogP contribution in [-0.2, 0) is 9.53 Å². The van der Waals surface area contributed by atoms with E-state index in [9.17, 15) is 9.59 Å². The Hall–Kier alpha value is -0.360. The van der Waals surface area contributed by atoms with Gasteiger partial charge in [-0.3, -0.25) is 4.79 Å². The average molecular weight is 378 g/mol. The number of rotatable bonds is 13. The first-order chi connectivity index (χ1) is 11.3. The smallest absolute Gasteiger partial charge is 0.407 e. The van der Waals surface area contributed by atoms with Gasteiger partial charge in [-0.2, -0.15) is 0 Å². The number of carbonyl (C=O) groups is 2. The van der Waals surface area contributed by atoms with Gasteiger partial charge in [0.1, 0.15) is 5.60 Å². The fraction of sp³-hybridized carbons (Fsp3) is 0.889. The summed E-state index contributed by atoms with van der Waals surface area (Å²) in [6.45, 7) is 7.93. The van der Waals surface area contributed by atoms with E-state index in [1.165, 1.54) is 55.7 Å². The first-order valence-corrected chi connectivity index (χ1v) is 11.4. The number of alkyl carbamates (subject to hydrolysis) is 1. The molecule has 1 amide bonds. The van der Waals surface area contributed by atoms with Crippen molar-refractivity contribution in [3.8, 4) is 0 Å². The summed E-state index contributed by atoms with van der Waals surface area (Å²) in [5.74, 6) is 1.08. The van der Waals surface area contributed by atoms with Gasteiger partial charge in [-0.25, -0.2) is 4.79 Å². The standard InChI is InChI=1S/C18H35NO3S2/c1-16(20)24-23-15-13-11-9-7-5-6-8-10-12-14-19-17(21)22-18(2,3)4/h5-15H2,1-4H3,(H,19,21). The topological polar surface area (TPSA) is 55.4 Å². The van der Waals surface area contributed by atoms with Crippen molar-refractivity contribution >= 4 is 32.8 Å². The molecule has 4 nitrogen and oxygen atoms in total. The van der Waals surface area contributed by atoms with Gasteiger partial charge in [0.2, 0.25) is 0 Å². The van der Waals surface area contributed by atoms with Crippen LogP contribution in [0.4, 0.5) is 4.79 Å². The highest BCUT2D eigenvalue weighted by atomic mass is 33.1. The summed E-state index contributed by atoms with van der Waals surface area (Å²) >= 11 is 0. The largest absolute Gasteiger partial charge is 0.444 e. The third kappa shape index (κ3) is 19.7. The Morgan fingerprint density at radius 2 is 1.38 bits per heavy atom. The van der Waals surface area contributed by atoms with Crippen LogP contribution in [0.5, 0.6) is 0 Å². The number of ether oxygens (including phenoxy) is 1. The van der Waals surface area contributed by atoms with Crippen LogP contribution in [-0.4, -0.2) is 29.1 Å². The first-order valence-electron chi connectivity index (χ1n) is 9.08. The lowest BCUT2D eigenvalue weighted by atomic mass is 10.1. The van der Waals surface area contributed by atoms with E-state index in [0.717, 1.165) is 18.6 Å². The molecule has 0 aliphatic carbocycles. The maximum absolute atomic E-state index is 11.4.